The van der Waals surface area contributed by atoms with Crippen LogP contribution in [0, 0.1) is 0 Å². The van der Waals surface area contributed by atoms with Crippen molar-refractivity contribution < 1.29 is 106 Å². The van der Waals surface area contributed by atoms with E-state index in [1.165, 1.54) is 0 Å². The summed E-state index contributed by atoms with van der Waals surface area (Å²) in [6.07, 6.45) is -11.3. The lowest BCUT2D eigenvalue weighted by Crippen LogP contribution is -2.60. The summed E-state index contributed by atoms with van der Waals surface area (Å²) in [6, 6.07) is 0. The number of nitrogens with two attached hydrogens (primary N) is 1. The molecular weight excluding hydrogens is 960 g/mol. The van der Waals surface area contributed by atoms with Crippen LogP contribution in [0.5, 0.6) is 0 Å². The summed E-state index contributed by atoms with van der Waals surface area (Å²) >= 11 is 0. The van der Waals surface area contributed by atoms with E-state index in [4.69, 9.17) is 43.4 Å². The molecule has 13 N–H and O–H groups in total. The summed E-state index contributed by atoms with van der Waals surface area (Å²) in [5, 5.41) is 66.9. The number of fused-ring (bicyclic) bond motifs is 1. The van der Waals surface area contributed by atoms with E-state index in [1.807, 2.05) is 0 Å². The van der Waals surface area contributed by atoms with Crippen molar-refractivity contribution in [3.63, 3.8) is 0 Å². The third kappa shape index (κ3) is 17.0. The lowest BCUT2D eigenvalue weighted by atomic mass is 9.99. The second-order valence-electron chi connectivity index (χ2n) is 15.4. The molecule has 0 spiro atoms. The highest BCUT2D eigenvalue weighted by Crippen LogP contribution is 2.61. The Morgan fingerprint density at radius 3 is 2.22 bits per heavy atom. The van der Waals surface area contributed by atoms with Gasteiger partial charge in [-0.1, -0.05) is 0 Å². The molecule has 68 heavy (non-hydrogen) atoms. The Hall–Kier alpha value is -3.75. The molecule has 2 saturated heterocycles. The number of H-pyrrole nitrogens is 1. The van der Waals surface area contributed by atoms with Crippen LogP contribution in [0.15, 0.2) is 23.0 Å². The van der Waals surface area contributed by atoms with Gasteiger partial charge in [-0.25, -0.2) is 18.9 Å². The topological polar surface area (TPSA) is 436 Å². The van der Waals surface area contributed by atoms with Gasteiger partial charge in [0, 0.05) is 25.9 Å². The van der Waals surface area contributed by atoms with E-state index in [2.05, 4.69) is 34.4 Å². The van der Waals surface area contributed by atoms with E-state index in [9.17, 15) is 63.9 Å². The first kappa shape index (κ1) is 55.2. The molecule has 0 saturated carbocycles. The fourth-order valence-corrected chi connectivity index (χ4v) is 8.99. The van der Waals surface area contributed by atoms with Gasteiger partial charge in [0.05, 0.1) is 71.5 Å². The number of nitrogen functional groups attached to an aromatic ring is 1. The third-order valence-electron chi connectivity index (χ3n) is 10.3. The Morgan fingerprint density at radius 1 is 0.853 bits per heavy atom. The first-order valence-corrected chi connectivity index (χ1v) is 24.4. The van der Waals surface area contributed by atoms with Crippen molar-refractivity contribution >= 4 is 44.8 Å². The summed E-state index contributed by atoms with van der Waals surface area (Å²) < 4.78 is 78.0. The Morgan fingerprint density at radius 2 is 1.51 bits per heavy atom. The SMILES string of the molecule is Nc1nc2c(ncn2[C@@H]2O[C@H](COP(=O)(O)OP(=O)(O)O[C@H]3OC(CNC(=O)CCOCCOCCOCCOCCNC(=O)OC4CC/C=C(\O)CCC4)[C@@H](O)C(O)C3O)C(O)C2O)c(=O)[nH]1. The van der Waals surface area contributed by atoms with E-state index in [1.54, 1.807) is 6.08 Å². The number of amides is 2. The number of hydrogen-bond donors (Lipinski definition) is 12. The Labute approximate surface area is 386 Å². The van der Waals surface area contributed by atoms with Gasteiger partial charge >= 0.3 is 21.7 Å². The molecule has 8 unspecified atom stereocenters. The van der Waals surface area contributed by atoms with E-state index in [-0.39, 0.29) is 75.8 Å². The average Bonchev–Trinajstić information content (AvgIpc) is 3.81. The number of aliphatic hydroxyl groups is 6. The standard InChI is InChI=1S/C36H59N7O23P2/c37-35-41-31-25(32(51)42-35)40-19-43(31)33-29(49)27(47)23(63-33)18-61-67(53,54)66-68(55,56)65-34-30(50)28(48)26(46)22(64-34)17-39-24(45)7-9-57-11-13-59-15-16-60-14-12-58-10-8-38-36(52)62-21-5-1-3-20(44)4-2-6-21/h3,19,21-23,26-30,33-34,44,46-50H,1-2,4-18H2,(H,38,52)(H,39,45)(H,53,54)(H,55,56)(H3,37,41,42,51)/b20-3-/t21?,22?,23-,26-,27?,28?,29?,30?,33-,34-/m1/s1. The van der Waals surface area contributed by atoms with Crippen molar-refractivity contribution in [2.75, 3.05) is 78.3 Å². The van der Waals surface area contributed by atoms with E-state index in [0.717, 1.165) is 17.3 Å². The number of aromatic nitrogens is 4. The lowest BCUT2D eigenvalue weighted by Gasteiger charge is -2.40. The predicted molar refractivity (Wildman–Crippen MR) is 226 cm³/mol. The number of alkyl carbamates (subject to hydrolysis) is 1. The molecule has 0 aromatic carbocycles. The van der Waals surface area contributed by atoms with Crippen molar-refractivity contribution in [3.05, 3.63) is 28.5 Å². The number of imidazole rings is 1. The maximum absolute atomic E-state index is 12.8. The first-order valence-electron chi connectivity index (χ1n) is 21.4. The summed E-state index contributed by atoms with van der Waals surface area (Å²) in [4.78, 5) is 67.0. The van der Waals surface area contributed by atoms with Crippen molar-refractivity contribution in [1.82, 2.24) is 30.2 Å². The van der Waals surface area contributed by atoms with Gasteiger partial charge in [-0.2, -0.15) is 9.29 Å². The number of phosphoric ester groups is 2. The molecule has 1 aliphatic carbocycles. The quantitative estimate of drug-likeness (QED) is 0.0341. The minimum Gasteiger partial charge on any atom is -0.513 e. The van der Waals surface area contributed by atoms with Crippen LogP contribution in [0.1, 0.15) is 44.8 Å². The molecule has 0 radical (unpaired) electrons. The molecular formula is C36H59N7O23P2. The van der Waals surface area contributed by atoms with Crippen LogP contribution in [-0.4, -0.2) is 200 Å². The Balaban J connectivity index is 0.900. The second-order valence-corrected chi connectivity index (χ2v) is 18.4. The van der Waals surface area contributed by atoms with Gasteiger partial charge in [0.2, 0.25) is 11.9 Å². The molecule has 30 nitrogen and oxygen atoms in total. The van der Waals surface area contributed by atoms with Gasteiger partial charge in [0.15, 0.2) is 23.7 Å². The monoisotopic (exact) mass is 1020 g/mol. The number of carbonyl (C=O) groups excluding carboxylic acids is 2. The van der Waals surface area contributed by atoms with E-state index < -0.39 is 102 Å². The van der Waals surface area contributed by atoms with Gasteiger partial charge in [0.25, 0.3) is 5.56 Å². The van der Waals surface area contributed by atoms with Gasteiger partial charge < -0.3 is 90.0 Å². The molecule has 0 bridgehead atoms. The Bertz CT molecular complexity index is 2120. The predicted octanol–water partition coefficient (Wildman–Crippen LogP) is -2.55. The van der Waals surface area contributed by atoms with Crippen molar-refractivity contribution in [2.24, 2.45) is 0 Å². The second kappa shape index (κ2) is 26.5. The maximum atomic E-state index is 12.8. The van der Waals surface area contributed by atoms with E-state index >= 15 is 0 Å². The number of aliphatic hydroxyl groups excluding tert-OH is 6. The van der Waals surface area contributed by atoms with Gasteiger partial charge in [0.1, 0.15) is 48.8 Å². The number of phosphoric acid groups is 2. The molecule has 12 atom stereocenters. The summed E-state index contributed by atoms with van der Waals surface area (Å²) in [7, 11) is -11.3. The highest BCUT2D eigenvalue weighted by Gasteiger charge is 2.50. The minimum atomic E-state index is -5.74. The van der Waals surface area contributed by atoms with E-state index in [0.29, 0.717) is 44.7 Å². The van der Waals surface area contributed by atoms with Crippen LogP contribution in [0.2, 0.25) is 0 Å². The van der Waals surface area contributed by atoms with Crippen LogP contribution >= 0.6 is 15.6 Å². The van der Waals surface area contributed by atoms with Crippen molar-refractivity contribution in [1.29, 1.82) is 0 Å². The molecule has 386 valence electrons. The molecule has 2 aliphatic heterocycles. The van der Waals surface area contributed by atoms with Crippen LogP contribution in [0.4, 0.5) is 10.7 Å². The van der Waals surface area contributed by atoms with Gasteiger partial charge in [-0.15, -0.1) is 0 Å². The summed E-state index contributed by atoms with van der Waals surface area (Å²) in [5.74, 6) is -0.521. The molecule has 4 heterocycles. The van der Waals surface area contributed by atoms with Gasteiger partial charge in [-0.05, 0) is 31.8 Å². The zero-order valence-corrected chi connectivity index (χ0v) is 38.3. The molecule has 2 fully saturated rings. The van der Waals surface area contributed by atoms with Crippen molar-refractivity contribution in [3.8, 4) is 0 Å². The number of rotatable bonds is 26. The molecule has 2 aromatic rings. The smallest absolute Gasteiger partial charge is 0.483 e. The van der Waals surface area contributed by atoms with Gasteiger partial charge in [-0.3, -0.25) is 28.2 Å². The number of aromatic amines is 1. The highest BCUT2D eigenvalue weighted by atomic mass is 31.3. The van der Waals surface area contributed by atoms with Crippen LogP contribution in [0.25, 0.3) is 11.2 Å². The molecule has 2 amide bonds. The zero-order valence-electron chi connectivity index (χ0n) is 36.5. The van der Waals surface area contributed by atoms with Crippen molar-refractivity contribution in [2.45, 2.75) is 99.9 Å². The molecule has 2 aromatic heterocycles. The third-order valence-corrected chi connectivity index (χ3v) is 12.9. The number of hydrogen-bond acceptors (Lipinski definition) is 24. The summed E-state index contributed by atoms with van der Waals surface area (Å²) in [5.41, 5.74) is 4.54. The molecule has 5 rings (SSSR count). The lowest BCUT2D eigenvalue weighted by molar-refractivity contribution is -0.273. The van der Waals surface area contributed by atoms with Crippen LogP contribution in [-0.2, 0) is 60.4 Å². The number of anilines is 1. The van der Waals surface area contributed by atoms with Crippen LogP contribution < -0.4 is 21.9 Å². The number of nitrogens with zero attached hydrogens (tertiary/aromatic N) is 3. The zero-order chi connectivity index (χ0) is 49.4. The number of allylic oxidation sites excluding steroid dienone is 2. The first-order chi connectivity index (χ1) is 32.3. The number of carbonyl (C=O) groups is 2. The largest absolute Gasteiger partial charge is 0.513 e. The fraction of sp³-hybridized carbons (Fsp3) is 0.750. The average molecular weight is 1020 g/mol. The van der Waals surface area contributed by atoms with Crippen LogP contribution in [0.3, 0.4) is 0 Å². The normalized spacial score (nSPS) is 29.2. The highest BCUT2D eigenvalue weighted by molar-refractivity contribution is 7.61. The molecule has 3 aliphatic rings. The number of nitrogens with one attached hydrogen (secondary N) is 3. The molecule has 32 heteroatoms. The maximum Gasteiger partial charge on any atom is 0.483 e. The number of ether oxygens (including phenoxy) is 7. The Kier molecular flexibility index (Phi) is 21.5. The minimum absolute atomic E-state index is 0.0429. The fourth-order valence-electron chi connectivity index (χ4n) is 6.83. The summed E-state index contributed by atoms with van der Waals surface area (Å²) in [6.45, 7) is 0.404.